The molecule has 0 fully saturated rings. The van der Waals surface area contributed by atoms with Gasteiger partial charge in [0.05, 0.1) is 0 Å². The van der Waals surface area contributed by atoms with E-state index < -0.39 is 0 Å². The van der Waals surface area contributed by atoms with Gasteiger partial charge in [0, 0.05) is 11.8 Å². The van der Waals surface area contributed by atoms with Crippen molar-refractivity contribution < 1.29 is 4.79 Å². The zero-order valence-electron chi connectivity index (χ0n) is 8.79. The van der Waals surface area contributed by atoms with Crippen molar-refractivity contribution in [2.24, 2.45) is 5.92 Å². The third kappa shape index (κ3) is 1.37. The minimum atomic E-state index is 0.196. The van der Waals surface area contributed by atoms with Crippen molar-refractivity contribution in [3.63, 3.8) is 0 Å². The Bertz CT molecular complexity index is 354. The van der Waals surface area contributed by atoms with E-state index in [1.807, 2.05) is 19.1 Å². The molecule has 0 aromatic heterocycles. The Morgan fingerprint density at radius 3 is 2.86 bits per heavy atom. The molecular weight excluding hydrogens is 172 g/mol. The molecule has 0 bridgehead atoms. The zero-order chi connectivity index (χ0) is 10.1. The number of rotatable bonds is 3. The average Bonchev–Trinajstić information content (AvgIpc) is 2.18. The summed E-state index contributed by atoms with van der Waals surface area (Å²) < 4.78 is 0. The second-order valence-corrected chi connectivity index (χ2v) is 4.17. The summed E-state index contributed by atoms with van der Waals surface area (Å²) in [5.41, 5.74) is 2.62. The van der Waals surface area contributed by atoms with E-state index in [1.165, 1.54) is 11.1 Å². The van der Waals surface area contributed by atoms with Gasteiger partial charge >= 0.3 is 0 Å². The smallest absolute Gasteiger partial charge is 0.143 e. The number of fused-ring (bicyclic) bond motifs is 1. The summed E-state index contributed by atoms with van der Waals surface area (Å²) in [6.45, 7) is 4.11. The highest BCUT2D eigenvalue weighted by molar-refractivity contribution is 5.90. The Balaban J connectivity index is 2.15. The van der Waals surface area contributed by atoms with E-state index in [1.54, 1.807) is 0 Å². The van der Waals surface area contributed by atoms with Gasteiger partial charge in [0.15, 0.2) is 0 Å². The molecule has 1 aromatic rings. The molecule has 2 atom stereocenters. The maximum Gasteiger partial charge on any atom is 0.143 e. The number of hydrogen-bond acceptors (Lipinski definition) is 1. The van der Waals surface area contributed by atoms with Gasteiger partial charge in [0.1, 0.15) is 5.78 Å². The molecule has 1 nitrogen and oxygen atoms in total. The molecule has 0 heterocycles. The molecule has 14 heavy (non-hydrogen) atoms. The van der Waals surface area contributed by atoms with Gasteiger partial charge in [0.2, 0.25) is 0 Å². The van der Waals surface area contributed by atoms with E-state index >= 15 is 0 Å². The molecule has 0 spiro atoms. The topological polar surface area (TPSA) is 17.1 Å². The van der Waals surface area contributed by atoms with Crippen LogP contribution in [0, 0.1) is 5.92 Å². The third-order valence-corrected chi connectivity index (χ3v) is 3.30. The van der Waals surface area contributed by atoms with Gasteiger partial charge in [-0.2, -0.15) is 0 Å². The Morgan fingerprint density at radius 2 is 2.21 bits per heavy atom. The summed E-state index contributed by atoms with van der Waals surface area (Å²) >= 11 is 0. The molecule has 74 valence electrons. The lowest BCUT2D eigenvalue weighted by Crippen LogP contribution is -2.28. The number of Topliss-reactive ketones (excluding diaryl/α,β-unsaturated/α-hetero) is 1. The van der Waals surface area contributed by atoms with Crippen LogP contribution in [0.3, 0.4) is 0 Å². The molecule has 1 aromatic carbocycles. The average molecular weight is 188 g/mol. The van der Waals surface area contributed by atoms with Crippen molar-refractivity contribution in [3.8, 4) is 0 Å². The predicted molar refractivity (Wildman–Crippen MR) is 57.3 cm³/mol. The Morgan fingerprint density at radius 1 is 1.50 bits per heavy atom. The lowest BCUT2D eigenvalue weighted by molar-refractivity contribution is -0.124. The fraction of sp³-hybridized carbons (Fsp3) is 0.462. The molecule has 0 saturated heterocycles. The highest BCUT2D eigenvalue weighted by atomic mass is 16.1. The van der Waals surface area contributed by atoms with Gasteiger partial charge in [-0.15, -0.1) is 0 Å². The van der Waals surface area contributed by atoms with Gasteiger partial charge in [-0.1, -0.05) is 38.1 Å². The van der Waals surface area contributed by atoms with Crippen LogP contribution in [-0.4, -0.2) is 5.78 Å². The number of hydrogen-bond donors (Lipinski definition) is 0. The van der Waals surface area contributed by atoms with E-state index in [4.69, 9.17) is 0 Å². The summed E-state index contributed by atoms with van der Waals surface area (Å²) in [5.74, 6) is 0.834. The van der Waals surface area contributed by atoms with Crippen molar-refractivity contribution in [1.29, 1.82) is 0 Å². The van der Waals surface area contributed by atoms with Crippen molar-refractivity contribution >= 4 is 5.78 Å². The summed E-state index contributed by atoms with van der Waals surface area (Å²) in [6.07, 6.45) is 1.91. The number of carbonyl (C=O) groups excluding carboxylic acids is 1. The van der Waals surface area contributed by atoms with Crippen LogP contribution >= 0.6 is 0 Å². The third-order valence-electron chi connectivity index (χ3n) is 3.30. The second kappa shape index (κ2) is 3.56. The van der Waals surface area contributed by atoms with Crippen LogP contribution in [0.5, 0.6) is 0 Å². The fourth-order valence-corrected chi connectivity index (χ4v) is 2.06. The molecule has 2 rings (SSSR count). The maximum atomic E-state index is 11.9. The van der Waals surface area contributed by atoms with Crippen LogP contribution in [-0.2, 0) is 11.2 Å². The Labute approximate surface area is 85.1 Å². The van der Waals surface area contributed by atoms with Crippen molar-refractivity contribution in [2.75, 3.05) is 0 Å². The van der Waals surface area contributed by atoms with E-state index in [-0.39, 0.29) is 11.8 Å². The molecule has 0 saturated carbocycles. The summed E-state index contributed by atoms with van der Waals surface area (Å²) in [6, 6.07) is 8.27. The highest BCUT2D eigenvalue weighted by Crippen LogP contribution is 2.37. The molecule has 0 amide bonds. The van der Waals surface area contributed by atoms with Crippen LogP contribution in [0.25, 0.3) is 0 Å². The first-order chi connectivity index (χ1) is 6.74. The SMILES string of the molecule is CCC(C)C(=O)C1Cc2ccccc21. The largest absolute Gasteiger partial charge is 0.299 e. The monoisotopic (exact) mass is 188 g/mol. The molecule has 1 aliphatic rings. The number of carbonyl (C=O) groups is 1. The highest BCUT2D eigenvalue weighted by Gasteiger charge is 2.33. The fourth-order valence-electron chi connectivity index (χ4n) is 2.06. The lowest BCUT2D eigenvalue weighted by Gasteiger charge is -2.30. The minimum Gasteiger partial charge on any atom is -0.299 e. The van der Waals surface area contributed by atoms with E-state index in [9.17, 15) is 4.79 Å². The molecular formula is C13H16O. The first kappa shape index (κ1) is 9.45. The van der Waals surface area contributed by atoms with E-state index in [0.29, 0.717) is 5.78 Å². The molecule has 1 heteroatoms. The Hall–Kier alpha value is -1.11. The molecule has 0 N–H and O–H groups in total. The minimum absolute atomic E-state index is 0.196. The summed E-state index contributed by atoms with van der Waals surface area (Å²) in [7, 11) is 0. The van der Waals surface area contributed by atoms with Gasteiger partial charge < -0.3 is 0 Å². The maximum absolute atomic E-state index is 11.9. The van der Waals surface area contributed by atoms with Gasteiger partial charge in [0.25, 0.3) is 0 Å². The molecule has 0 aliphatic heterocycles. The number of ketones is 1. The van der Waals surface area contributed by atoms with Crippen molar-refractivity contribution in [1.82, 2.24) is 0 Å². The molecule has 0 radical (unpaired) electrons. The van der Waals surface area contributed by atoms with Crippen LogP contribution in [0.4, 0.5) is 0 Å². The van der Waals surface area contributed by atoms with Gasteiger partial charge in [-0.3, -0.25) is 4.79 Å². The van der Waals surface area contributed by atoms with Crippen LogP contribution in [0.2, 0.25) is 0 Å². The van der Waals surface area contributed by atoms with E-state index in [2.05, 4.69) is 19.1 Å². The standard InChI is InChI=1S/C13H16O/c1-3-9(2)13(14)12-8-10-6-4-5-7-11(10)12/h4-7,9,12H,3,8H2,1-2H3. The quantitative estimate of drug-likeness (QED) is 0.712. The van der Waals surface area contributed by atoms with Crippen LogP contribution in [0.15, 0.2) is 24.3 Å². The first-order valence-electron chi connectivity index (χ1n) is 5.35. The van der Waals surface area contributed by atoms with Crippen LogP contribution in [0.1, 0.15) is 37.3 Å². The first-order valence-corrected chi connectivity index (χ1v) is 5.35. The second-order valence-electron chi connectivity index (χ2n) is 4.17. The van der Waals surface area contributed by atoms with Gasteiger partial charge in [-0.05, 0) is 24.0 Å². The summed E-state index contributed by atoms with van der Waals surface area (Å²) in [5, 5.41) is 0. The molecule has 1 aliphatic carbocycles. The summed E-state index contributed by atoms with van der Waals surface area (Å²) in [4.78, 5) is 11.9. The Kier molecular flexibility index (Phi) is 2.40. The van der Waals surface area contributed by atoms with Crippen molar-refractivity contribution in [2.45, 2.75) is 32.6 Å². The van der Waals surface area contributed by atoms with Crippen molar-refractivity contribution in [3.05, 3.63) is 35.4 Å². The number of benzene rings is 1. The normalized spacial score (nSPS) is 20.9. The van der Waals surface area contributed by atoms with Crippen LogP contribution < -0.4 is 0 Å². The lowest BCUT2D eigenvalue weighted by atomic mass is 9.72. The molecule has 2 unspecified atom stereocenters. The predicted octanol–water partition coefficient (Wildman–Crippen LogP) is 2.94. The van der Waals surface area contributed by atoms with Gasteiger partial charge in [-0.25, -0.2) is 0 Å². The zero-order valence-corrected chi connectivity index (χ0v) is 8.79. The van der Waals surface area contributed by atoms with E-state index in [0.717, 1.165) is 12.8 Å².